The number of carboxylic acids is 1. The summed E-state index contributed by atoms with van der Waals surface area (Å²) in [4.78, 5) is 29.7. The molecule has 0 radical (unpaired) electrons. The van der Waals surface area contributed by atoms with Crippen LogP contribution in [-0.2, 0) is 19.6 Å². The Labute approximate surface area is 152 Å². The molecule has 0 saturated carbocycles. The standard InChI is InChI=1S/C17H23N3O5S/c1-17(16(22)23)6-10-19(12-17)15(21)13-4-8-20(9-5-13)26(24,25)14-3-2-7-18-11-14/h2-3,7,11,13H,4-6,8-10,12H2,1H3,(H,22,23). The van der Waals surface area contributed by atoms with Gasteiger partial charge in [-0.15, -0.1) is 0 Å². The van der Waals surface area contributed by atoms with Gasteiger partial charge in [0.2, 0.25) is 15.9 Å². The highest BCUT2D eigenvalue weighted by Gasteiger charge is 2.44. The number of hydrogen-bond donors (Lipinski definition) is 1. The smallest absolute Gasteiger partial charge is 0.311 e. The lowest BCUT2D eigenvalue weighted by atomic mass is 9.90. The van der Waals surface area contributed by atoms with Crippen molar-refractivity contribution >= 4 is 21.9 Å². The van der Waals surface area contributed by atoms with Crippen molar-refractivity contribution in [2.75, 3.05) is 26.2 Å². The van der Waals surface area contributed by atoms with E-state index in [0.717, 1.165) is 0 Å². The molecule has 0 spiro atoms. The quantitative estimate of drug-likeness (QED) is 0.827. The van der Waals surface area contributed by atoms with Gasteiger partial charge in [-0.1, -0.05) is 0 Å². The Kier molecular flexibility index (Phi) is 5.03. The van der Waals surface area contributed by atoms with Gasteiger partial charge in [0.15, 0.2) is 0 Å². The molecule has 0 aromatic carbocycles. The van der Waals surface area contributed by atoms with Crippen LogP contribution in [0.1, 0.15) is 26.2 Å². The van der Waals surface area contributed by atoms with Crippen LogP contribution in [0.25, 0.3) is 0 Å². The SMILES string of the molecule is CC1(C(=O)O)CCN(C(=O)C2CCN(S(=O)(=O)c3cccnc3)CC2)C1. The molecule has 2 fully saturated rings. The number of rotatable bonds is 4. The normalized spacial score (nSPS) is 25.3. The van der Waals surface area contributed by atoms with Crippen LogP contribution in [0, 0.1) is 11.3 Å². The molecule has 2 saturated heterocycles. The molecule has 8 nitrogen and oxygen atoms in total. The van der Waals surface area contributed by atoms with Crippen molar-refractivity contribution in [3.05, 3.63) is 24.5 Å². The van der Waals surface area contributed by atoms with Crippen LogP contribution in [0.15, 0.2) is 29.4 Å². The maximum atomic E-state index is 12.7. The third-order valence-electron chi connectivity index (χ3n) is 5.38. The van der Waals surface area contributed by atoms with Gasteiger partial charge in [-0.25, -0.2) is 8.42 Å². The molecule has 0 aliphatic carbocycles. The van der Waals surface area contributed by atoms with Gasteiger partial charge in [-0.3, -0.25) is 14.6 Å². The van der Waals surface area contributed by atoms with E-state index in [1.165, 1.54) is 22.8 Å². The Bertz CT molecular complexity index is 790. The summed E-state index contributed by atoms with van der Waals surface area (Å²) < 4.78 is 26.6. The number of piperidine rings is 1. The summed E-state index contributed by atoms with van der Waals surface area (Å²) in [6.45, 7) is 2.87. The van der Waals surface area contributed by atoms with Crippen molar-refractivity contribution in [3.8, 4) is 0 Å². The van der Waals surface area contributed by atoms with Crippen LogP contribution in [0.2, 0.25) is 0 Å². The number of aromatic nitrogens is 1. The maximum absolute atomic E-state index is 12.7. The molecule has 1 unspecified atom stereocenters. The highest BCUT2D eigenvalue weighted by atomic mass is 32.2. The number of aliphatic carboxylic acids is 1. The lowest BCUT2D eigenvalue weighted by Crippen LogP contribution is -2.44. The molecule has 0 bridgehead atoms. The summed E-state index contributed by atoms with van der Waals surface area (Å²) in [6, 6.07) is 3.09. The molecule has 3 heterocycles. The van der Waals surface area contributed by atoms with Gasteiger partial charge in [0.05, 0.1) is 5.41 Å². The first-order valence-electron chi connectivity index (χ1n) is 8.66. The van der Waals surface area contributed by atoms with Crippen LogP contribution in [-0.4, -0.2) is 65.8 Å². The predicted molar refractivity (Wildman–Crippen MR) is 92.7 cm³/mol. The topological polar surface area (TPSA) is 108 Å². The van der Waals surface area contributed by atoms with Crippen molar-refractivity contribution in [3.63, 3.8) is 0 Å². The van der Waals surface area contributed by atoms with E-state index in [1.54, 1.807) is 17.9 Å². The van der Waals surface area contributed by atoms with Gasteiger partial charge in [-0.05, 0) is 38.3 Å². The highest BCUT2D eigenvalue weighted by Crippen LogP contribution is 2.33. The molecule has 9 heteroatoms. The zero-order valence-electron chi connectivity index (χ0n) is 14.7. The van der Waals surface area contributed by atoms with E-state index in [9.17, 15) is 23.1 Å². The molecule has 1 N–H and O–H groups in total. The van der Waals surface area contributed by atoms with E-state index in [1.807, 2.05) is 0 Å². The summed E-state index contributed by atoms with van der Waals surface area (Å²) in [5, 5.41) is 9.30. The zero-order valence-corrected chi connectivity index (χ0v) is 15.5. The summed E-state index contributed by atoms with van der Waals surface area (Å²) in [6.07, 6.45) is 4.17. The van der Waals surface area contributed by atoms with Gasteiger partial charge in [0, 0.05) is 44.5 Å². The molecular weight excluding hydrogens is 358 g/mol. The second kappa shape index (κ2) is 6.96. The predicted octanol–water partition coefficient (Wildman–Crippen LogP) is 0.806. The van der Waals surface area contributed by atoms with Gasteiger partial charge in [0.1, 0.15) is 4.90 Å². The fourth-order valence-electron chi connectivity index (χ4n) is 3.57. The second-order valence-corrected chi connectivity index (χ2v) is 9.18. The van der Waals surface area contributed by atoms with Gasteiger partial charge in [0.25, 0.3) is 0 Å². The lowest BCUT2D eigenvalue weighted by molar-refractivity contribution is -0.147. The molecule has 3 rings (SSSR count). The fourth-order valence-corrected chi connectivity index (χ4v) is 5.01. The van der Waals surface area contributed by atoms with Crippen LogP contribution in [0.4, 0.5) is 0 Å². The number of likely N-dealkylation sites (tertiary alicyclic amines) is 1. The maximum Gasteiger partial charge on any atom is 0.311 e. The van der Waals surface area contributed by atoms with E-state index >= 15 is 0 Å². The van der Waals surface area contributed by atoms with E-state index in [0.29, 0.717) is 25.8 Å². The fraction of sp³-hybridized carbons (Fsp3) is 0.588. The number of hydrogen-bond acceptors (Lipinski definition) is 5. The third-order valence-corrected chi connectivity index (χ3v) is 7.26. The Hall–Kier alpha value is -2.00. The number of amides is 1. The second-order valence-electron chi connectivity index (χ2n) is 7.24. The Balaban J connectivity index is 1.61. The first-order valence-corrected chi connectivity index (χ1v) is 10.1. The molecular formula is C17H23N3O5S. The molecule has 2 aliphatic heterocycles. The summed E-state index contributed by atoms with van der Waals surface area (Å²) in [5.41, 5.74) is -0.889. The number of carboxylic acid groups (broad SMARTS) is 1. The number of sulfonamides is 1. The van der Waals surface area contributed by atoms with E-state index in [2.05, 4.69) is 4.98 Å². The number of carbonyl (C=O) groups is 2. The number of pyridine rings is 1. The summed E-state index contributed by atoms with van der Waals surface area (Å²) in [7, 11) is -3.59. The minimum Gasteiger partial charge on any atom is -0.481 e. The summed E-state index contributed by atoms with van der Waals surface area (Å²) >= 11 is 0. The molecule has 1 aromatic heterocycles. The molecule has 26 heavy (non-hydrogen) atoms. The first kappa shape index (κ1) is 18.8. The average molecular weight is 381 g/mol. The Morgan fingerprint density at radius 3 is 2.50 bits per heavy atom. The van der Waals surface area contributed by atoms with Gasteiger partial charge >= 0.3 is 5.97 Å². The Morgan fingerprint density at radius 1 is 1.27 bits per heavy atom. The molecule has 142 valence electrons. The van der Waals surface area contributed by atoms with Crippen molar-refractivity contribution in [1.82, 2.24) is 14.2 Å². The lowest BCUT2D eigenvalue weighted by Gasteiger charge is -2.32. The van der Waals surface area contributed by atoms with Crippen LogP contribution in [0.3, 0.4) is 0 Å². The van der Waals surface area contributed by atoms with Crippen LogP contribution in [0.5, 0.6) is 0 Å². The van der Waals surface area contributed by atoms with Crippen molar-refractivity contribution in [1.29, 1.82) is 0 Å². The minimum absolute atomic E-state index is 0.0617. The van der Waals surface area contributed by atoms with Crippen molar-refractivity contribution < 1.29 is 23.1 Å². The van der Waals surface area contributed by atoms with Gasteiger partial charge < -0.3 is 10.0 Å². The van der Waals surface area contributed by atoms with Crippen LogP contribution < -0.4 is 0 Å². The number of nitrogens with zero attached hydrogens (tertiary/aromatic N) is 3. The molecule has 1 atom stereocenters. The van der Waals surface area contributed by atoms with E-state index in [-0.39, 0.29) is 36.4 Å². The van der Waals surface area contributed by atoms with Crippen LogP contribution >= 0.6 is 0 Å². The van der Waals surface area contributed by atoms with Crippen molar-refractivity contribution in [2.45, 2.75) is 31.1 Å². The largest absolute Gasteiger partial charge is 0.481 e. The average Bonchev–Trinajstić information content (AvgIpc) is 3.06. The van der Waals surface area contributed by atoms with E-state index < -0.39 is 21.4 Å². The van der Waals surface area contributed by atoms with Crippen molar-refractivity contribution in [2.24, 2.45) is 11.3 Å². The molecule has 1 amide bonds. The first-order chi connectivity index (χ1) is 12.2. The Morgan fingerprint density at radius 2 is 1.96 bits per heavy atom. The van der Waals surface area contributed by atoms with Gasteiger partial charge in [-0.2, -0.15) is 4.31 Å². The summed E-state index contributed by atoms with van der Waals surface area (Å²) in [5.74, 6) is -1.20. The molecule has 2 aliphatic rings. The number of carbonyl (C=O) groups excluding carboxylic acids is 1. The monoisotopic (exact) mass is 381 g/mol. The zero-order chi connectivity index (χ0) is 18.9. The minimum atomic E-state index is -3.59. The third kappa shape index (κ3) is 3.45. The molecule has 1 aromatic rings. The highest BCUT2D eigenvalue weighted by molar-refractivity contribution is 7.89. The van der Waals surface area contributed by atoms with E-state index in [4.69, 9.17) is 0 Å².